The van der Waals surface area contributed by atoms with Crippen LogP contribution >= 0.6 is 0 Å². The van der Waals surface area contributed by atoms with E-state index >= 15 is 0 Å². The molecule has 0 heterocycles. The van der Waals surface area contributed by atoms with E-state index in [1.54, 1.807) is 45.0 Å². The highest BCUT2D eigenvalue weighted by Crippen LogP contribution is 2.39. The van der Waals surface area contributed by atoms with Gasteiger partial charge in [-0.3, -0.25) is 19.8 Å². The maximum absolute atomic E-state index is 12.7. The number of hydrogen-bond donors (Lipinski definition) is 4. The summed E-state index contributed by atoms with van der Waals surface area (Å²) in [6.45, 7) is 5.49. The summed E-state index contributed by atoms with van der Waals surface area (Å²) in [7, 11) is 0. The van der Waals surface area contributed by atoms with Crippen molar-refractivity contribution in [3.05, 3.63) is 65.7 Å². The smallest absolute Gasteiger partial charge is 0.315 e. The highest BCUT2D eigenvalue weighted by Gasteiger charge is 2.48. The number of esters is 1. The number of hydrogen-bond acceptors (Lipinski definition) is 5. The van der Waals surface area contributed by atoms with E-state index in [0.29, 0.717) is 17.7 Å². The fourth-order valence-electron chi connectivity index (χ4n) is 3.47. The maximum Gasteiger partial charge on any atom is 0.315 e. The van der Waals surface area contributed by atoms with Gasteiger partial charge in [0.2, 0.25) is 11.8 Å². The summed E-state index contributed by atoms with van der Waals surface area (Å²) in [5, 5.41) is 13.0. The molecule has 1 aliphatic carbocycles. The topological polar surface area (TPSA) is 134 Å². The van der Waals surface area contributed by atoms with Crippen molar-refractivity contribution in [1.29, 1.82) is 5.41 Å². The number of rotatable bonds is 8. The third-order valence-electron chi connectivity index (χ3n) is 5.30. The minimum Gasteiger partial charge on any atom is -0.459 e. The molecule has 2 unspecified atom stereocenters. The van der Waals surface area contributed by atoms with Crippen molar-refractivity contribution in [2.24, 2.45) is 17.6 Å². The lowest BCUT2D eigenvalue weighted by Gasteiger charge is -2.24. The zero-order chi connectivity index (χ0) is 24.2. The molecule has 1 saturated carbocycles. The quantitative estimate of drug-likeness (QED) is 0.279. The lowest BCUT2D eigenvalue weighted by molar-refractivity contribution is -0.156. The Morgan fingerprint density at radius 2 is 1.64 bits per heavy atom. The second-order valence-corrected chi connectivity index (χ2v) is 9.17. The lowest BCUT2D eigenvalue weighted by Crippen LogP contribution is -2.36. The number of nitrogens with one attached hydrogen (secondary N) is 3. The number of nitrogens with two attached hydrogens (primary N) is 1. The fourth-order valence-corrected chi connectivity index (χ4v) is 3.47. The molecule has 1 aliphatic rings. The van der Waals surface area contributed by atoms with Gasteiger partial charge in [-0.05, 0) is 57.0 Å². The first kappa shape index (κ1) is 24.0. The van der Waals surface area contributed by atoms with Crippen molar-refractivity contribution in [3.63, 3.8) is 0 Å². The third kappa shape index (κ3) is 6.65. The summed E-state index contributed by atoms with van der Waals surface area (Å²) < 4.78 is 5.54. The molecule has 174 valence electrons. The molecule has 0 radical (unpaired) electrons. The van der Waals surface area contributed by atoms with Crippen molar-refractivity contribution in [3.8, 4) is 0 Å². The van der Waals surface area contributed by atoms with Crippen molar-refractivity contribution in [2.45, 2.75) is 38.7 Å². The molecule has 8 heteroatoms. The third-order valence-corrected chi connectivity index (χ3v) is 5.30. The molecule has 2 amide bonds. The summed E-state index contributed by atoms with van der Waals surface area (Å²) in [5.41, 5.74) is 6.68. The zero-order valence-corrected chi connectivity index (χ0v) is 19.1. The molecular formula is C25H30N4O4. The van der Waals surface area contributed by atoms with Crippen LogP contribution in [0.2, 0.25) is 0 Å². The van der Waals surface area contributed by atoms with Crippen molar-refractivity contribution >= 4 is 29.3 Å². The number of carbonyl (C=O) groups excluding carboxylic acids is 3. The van der Waals surface area contributed by atoms with Crippen LogP contribution in [0, 0.1) is 17.2 Å². The van der Waals surface area contributed by atoms with Gasteiger partial charge >= 0.3 is 5.97 Å². The average molecular weight is 451 g/mol. The van der Waals surface area contributed by atoms with Gasteiger partial charge in [-0.25, -0.2) is 0 Å². The Morgan fingerprint density at radius 1 is 1.03 bits per heavy atom. The molecule has 0 bridgehead atoms. The van der Waals surface area contributed by atoms with Gasteiger partial charge in [0.15, 0.2) is 0 Å². The fraction of sp³-hybridized carbons (Fsp3) is 0.360. The molecule has 0 aliphatic heterocycles. The van der Waals surface area contributed by atoms with Crippen LogP contribution in [0.1, 0.15) is 44.2 Å². The number of ether oxygens (including phenoxy) is 1. The number of amides is 2. The van der Waals surface area contributed by atoms with E-state index in [-0.39, 0.29) is 24.2 Å². The van der Waals surface area contributed by atoms with Crippen LogP contribution < -0.4 is 16.4 Å². The predicted octanol–water partition coefficient (Wildman–Crippen LogP) is 2.79. The molecule has 3 rings (SSSR count). The van der Waals surface area contributed by atoms with Gasteiger partial charge in [-0.1, -0.05) is 30.3 Å². The van der Waals surface area contributed by atoms with Crippen LogP contribution in [0.4, 0.5) is 5.69 Å². The second-order valence-electron chi connectivity index (χ2n) is 9.17. The molecule has 5 N–H and O–H groups in total. The summed E-state index contributed by atoms with van der Waals surface area (Å²) in [4.78, 5) is 37.9. The van der Waals surface area contributed by atoms with Crippen LogP contribution in [0.15, 0.2) is 54.6 Å². The monoisotopic (exact) mass is 450 g/mol. The van der Waals surface area contributed by atoms with E-state index in [9.17, 15) is 14.4 Å². The van der Waals surface area contributed by atoms with E-state index in [1.165, 1.54) is 0 Å². The summed E-state index contributed by atoms with van der Waals surface area (Å²) in [5.74, 6) is -2.45. The molecular weight excluding hydrogens is 420 g/mol. The number of nitrogen functional groups attached to an aromatic ring is 1. The van der Waals surface area contributed by atoms with Crippen LogP contribution in [-0.2, 0) is 19.1 Å². The predicted molar refractivity (Wildman–Crippen MR) is 126 cm³/mol. The van der Waals surface area contributed by atoms with Gasteiger partial charge in [0.05, 0.1) is 17.8 Å². The van der Waals surface area contributed by atoms with Gasteiger partial charge in [0.25, 0.3) is 0 Å². The Bertz CT molecular complexity index is 1030. The molecule has 3 atom stereocenters. The molecule has 0 spiro atoms. The first-order chi connectivity index (χ1) is 15.5. The van der Waals surface area contributed by atoms with E-state index in [4.69, 9.17) is 15.9 Å². The lowest BCUT2D eigenvalue weighted by atomic mass is 9.98. The van der Waals surface area contributed by atoms with Crippen molar-refractivity contribution < 1.29 is 19.1 Å². The van der Waals surface area contributed by atoms with E-state index < -0.39 is 29.3 Å². The maximum atomic E-state index is 12.7. The van der Waals surface area contributed by atoms with Gasteiger partial charge in [-0.2, -0.15) is 0 Å². The largest absolute Gasteiger partial charge is 0.459 e. The van der Waals surface area contributed by atoms with Crippen LogP contribution in [-0.4, -0.2) is 35.8 Å². The van der Waals surface area contributed by atoms with Gasteiger partial charge < -0.3 is 21.1 Å². The Balaban J connectivity index is 1.56. The Labute approximate surface area is 193 Å². The summed E-state index contributed by atoms with van der Waals surface area (Å²) in [6, 6.07) is 15.8. The van der Waals surface area contributed by atoms with E-state index in [1.807, 2.05) is 30.3 Å². The highest BCUT2D eigenvalue weighted by atomic mass is 16.6. The molecule has 2 aromatic rings. The van der Waals surface area contributed by atoms with Crippen molar-refractivity contribution in [1.82, 2.24) is 5.32 Å². The van der Waals surface area contributed by atoms with Gasteiger partial charge in [0, 0.05) is 17.8 Å². The zero-order valence-electron chi connectivity index (χ0n) is 19.1. The van der Waals surface area contributed by atoms with Crippen molar-refractivity contribution in [2.75, 3.05) is 11.9 Å². The van der Waals surface area contributed by atoms with Crippen LogP contribution in [0.25, 0.3) is 0 Å². The minimum absolute atomic E-state index is 0.0491. The Morgan fingerprint density at radius 3 is 2.21 bits per heavy atom. The molecule has 1 fully saturated rings. The Kier molecular flexibility index (Phi) is 7.16. The molecule has 0 aromatic heterocycles. The molecule has 0 saturated heterocycles. The standard InChI is InChI=1S/C25H30N4O4/c1-25(2,3)33-24(32)20(15-7-5-4-6-8-15)14-28-22(30)18-13-19(18)23(31)29-17-11-9-16(10-12-17)21(26)27/h4-12,18-20H,13-14H2,1-3H3,(H3,26,27)(H,28,30)(H,29,31)/t18?,19?,20-/m1/s1. The summed E-state index contributed by atoms with van der Waals surface area (Å²) >= 11 is 0. The van der Waals surface area contributed by atoms with Gasteiger partial charge in [0.1, 0.15) is 11.4 Å². The Hall–Kier alpha value is -3.68. The first-order valence-corrected chi connectivity index (χ1v) is 10.9. The molecule has 2 aromatic carbocycles. The number of carbonyl (C=O) groups is 3. The number of benzene rings is 2. The van der Waals surface area contributed by atoms with E-state index in [2.05, 4.69) is 10.6 Å². The van der Waals surface area contributed by atoms with Crippen LogP contribution in [0.5, 0.6) is 0 Å². The SMILES string of the molecule is CC(C)(C)OC(=O)[C@H](CNC(=O)C1CC1C(=O)Nc1ccc(C(=N)N)cc1)c1ccccc1. The second kappa shape index (κ2) is 9.85. The first-order valence-electron chi connectivity index (χ1n) is 10.9. The highest BCUT2D eigenvalue weighted by molar-refractivity contribution is 6.00. The molecule has 33 heavy (non-hydrogen) atoms. The number of anilines is 1. The normalized spacial score (nSPS) is 18.0. The van der Waals surface area contributed by atoms with E-state index in [0.717, 1.165) is 5.56 Å². The minimum atomic E-state index is -0.642. The van der Waals surface area contributed by atoms with Gasteiger partial charge in [-0.15, -0.1) is 0 Å². The average Bonchev–Trinajstić information content (AvgIpc) is 3.55. The van der Waals surface area contributed by atoms with Crippen LogP contribution in [0.3, 0.4) is 0 Å². The number of amidine groups is 1. The molecule has 8 nitrogen and oxygen atoms in total. The summed E-state index contributed by atoms with van der Waals surface area (Å²) in [6.07, 6.45) is 0.450.